The number of carbonyl (C=O) groups excluding carboxylic acids is 1. The largest absolute Gasteiger partial charge is 0.480 e. The van der Waals surface area contributed by atoms with Gasteiger partial charge in [-0.05, 0) is 12.3 Å². The van der Waals surface area contributed by atoms with Gasteiger partial charge in [-0.1, -0.05) is 6.92 Å². The molecule has 0 bridgehead atoms. The van der Waals surface area contributed by atoms with E-state index in [2.05, 4.69) is 5.32 Å². The van der Waals surface area contributed by atoms with Crippen LogP contribution in [0, 0.1) is 5.92 Å². The molecule has 2 aliphatic rings. The van der Waals surface area contributed by atoms with Gasteiger partial charge in [0.1, 0.15) is 11.6 Å². The number of rotatable bonds is 3. The molecule has 2 atom stereocenters. The Hall–Kier alpha value is -1.14. The molecule has 0 saturated carbocycles. The quantitative estimate of drug-likeness (QED) is 0.752. The molecule has 0 spiro atoms. The molecule has 2 rings (SSSR count). The molecule has 1 amide bonds. The van der Waals surface area contributed by atoms with E-state index in [9.17, 15) is 14.7 Å². The molecule has 2 fully saturated rings. The smallest absolute Gasteiger partial charge is 0.329 e. The number of carboxylic acids is 1. The first-order valence-corrected chi connectivity index (χ1v) is 6.30. The first-order chi connectivity index (χ1) is 8.55. The third kappa shape index (κ3) is 2.49. The molecular weight excluding hydrogens is 238 g/mol. The molecule has 2 N–H and O–H groups in total. The minimum Gasteiger partial charge on any atom is -0.480 e. The maximum atomic E-state index is 12.1. The maximum Gasteiger partial charge on any atom is 0.329 e. The lowest BCUT2D eigenvalue weighted by atomic mass is 9.89. The Balaban J connectivity index is 2.04. The van der Waals surface area contributed by atoms with Gasteiger partial charge in [-0.3, -0.25) is 4.79 Å². The molecule has 0 aromatic heterocycles. The number of carbonyl (C=O) groups is 2. The van der Waals surface area contributed by atoms with Crippen LogP contribution in [0.25, 0.3) is 0 Å². The van der Waals surface area contributed by atoms with Crippen LogP contribution in [0.1, 0.15) is 26.2 Å². The van der Waals surface area contributed by atoms with Gasteiger partial charge < -0.3 is 19.9 Å². The minimum absolute atomic E-state index is 0.135. The first-order valence-electron chi connectivity index (χ1n) is 6.30. The lowest BCUT2D eigenvalue weighted by Gasteiger charge is -2.34. The van der Waals surface area contributed by atoms with Crippen molar-refractivity contribution < 1.29 is 24.2 Å². The van der Waals surface area contributed by atoms with Crippen molar-refractivity contribution in [1.82, 2.24) is 5.32 Å². The highest BCUT2D eigenvalue weighted by Crippen LogP contribution is 2.24. The number of carboxylic acid groups (broad SMARTS) is 1. The van der Waals surface area contributed by atoms with E-state index in [-0.39, 0.29) is 11.8 Å². The molecule has 102 valence electrons. The van der Waals surface area contributed by atoms with Crippen LogP contribution in [0.5, 0.6) is 0 Å². The predicted molar refractivity (Wildman–Crippen MR) is 62.1 cm³/mol. The Labute approximate surface area is 106 Å². The van der Waals surface area contributed by atoms with Gasteiger partial charge in [0.2, 0.25) is 5.91 Å². The van der Waals surface area contributed by atoms with Crippen LogP contribution in [0.2, 0.25) is 0 Å². The first kappa shape index (κ1) is 13.3. The van der Waals surface area contributed by atoms with E-state index in [1.807, 2.05) is 6.92 Å². The van der Waals surface area contributed by atoms with E-state index < -0.39 is 17.6 Å². The van der Waals surface area contributed by atoms with Crippen molar-refractivity contribution in [2.75, 3.05) is 19.8 Å². The summed E-state index contributed by atoms with van der Waals surface area (Å²) < 4.78 is 10.5. The molecular formula is C12H19NO5. The number of ether oxygens (including phenoxy) is 2. The average Bonchev–Trinajstić information content (AvgIpc) is 2.76. The van der Waals surface area contributed by atoms with Gasteiger partial charge in [-0.15, -0.1) is 0 Å². The van der Waals surface area contributed by atoms with Crippen molar-refractivity contribution in [3.8, 4) is 0 Å². The molecule has 2 heterocycles. The number of amides is 1. The fourth-order valence-electron chi connectivity index (χ4n) is 2.45. The van der Waals surface area contributed by atoms with Crippen LogP contribution in [-0.4, -0.2) is 48.4 Å². The fraction of sp³-hybridized carbons (Fsp3) is 0.833. The Morgan fingerprint density at radius 1 is 1.28 bits per heavy atom. The SMILES string of the molecule is CC1CCOC1C(=O)NC1(C(=O)O)CCOCC1. The summed E-state index contributed by atoms with van der Waals surface area (Å²) in [5.74, 6) is -1.18. The second-order valence-electron chi connectivity index (χ2n) is 5.05. The molecule has 2 unspecified atom stereocenters. The lowest BCUT2D eigenvalue weighted by molar-refractivity contribution is -0.154. The Morgan fingerprint density at radius 2 is 1.94 bits per heavy atom. The van der Waals surface area contributed by atoms with Gasteiger partial charge in [0.15, 0.2) is 0 Å². The second kappa shape index (κ2) is 5.24. The summed E-state index contributed by atoms with van der Waals surface area (Å²) in [5.41, 5.74) is -1.19. The zero-order valence-corrected chi connectivity index (χ0v) is 10.5. The number of aliphatic carboxylic acids is 1. The summed E-state index contributed by atoms with van der Waals surface area (Å²) >= 11 is 0. The van der Waals surface area contributed by atoms with Gasteiger partial charge in [0, 0.05) is 32.7 Å². The Kier molecular flexibility index (Phi) is 3.87. The minimum atomic E-state index is -1.19. The molecule has 2 saturated heterocycles. The van der Waals surface area contributed by atoms with Gasteiger partial charge in [-0.2, -0.15) is 0 Å². The topological polar surface area (TPSA) is 84.9 Å². The van der Waals surface area contributed by atoms with Crippen molar-refractivity contribution in [3.05, 3.63) is 0 Å². The predicted octanol–water partition coefficient (Wildman–Crippen LogP) is 0.161. The van der Waals surface area contributed by atoms with Crippen molar-refractivity contribution in [3.63, 3.8) is 0 Å². The molecule has 0 aliphatic carbocycles. The normalized spacial score (nSPS) is 30.9. The van der Waals surface area contributed by atoms with Crippen molar-refractivity contribution in [2.24, 2.45) is 5.92 Å². The second-order valence-corrected chi connectivity index (χ2v) is 5.05. The van der Waals surface area contributed by atoms with E-state index in [0.717, 1.165) is 6.42 Å². The fourth-order valence-corrected chi connectivity index (χ4v) is 2.45. The summed E-state index contributed by atoms with van der Waals surface area (Å²) in [6.07, 6.45) is 0.912. The molecule has 6 heteroatoms. The van der Waals surface area contributed by atoms with Gasteiger partial charge in [-0.25, -0.2) is 4.79 Å². The summed E-state index contributed by atoms with van der Waals surface area (Å²) in [7, 11) is 0. The van der Waals surface area contributed by atoms with Crippen LogP contribution in [0.4, 0.5) is 0 Å². The van der Waals surface area contributed by atoms with Gasteiger partial charge in [0.05, 0.1) is 0 Å². The number of hydrogen-bond donors (Lipinski definition) is 2. The Bertz CT molecular complexity index is 337. The summed E-state index contributed by atoms with van der Waals surface area (Å²) in [4.78, 5) is 23.5. The molecule has 0 aromatic carbocycles. The molecule has 0 aromatic rings. The molecule has 0 radical (unpaired) electrons. The highest BCUT2D eigenvalue weighted by Gasteiger charge is 2.44. The summed E-state index contributed by atoms with van der Waals surface area (Å²) in [6, 6.07) is 0. The van der Waals surface area contributed by atoms with E-state index in [0.29, 0.717) is 32.7 Å². The van der Waals surface area contributed by atoms with E-state index in [1.165, 1.54) is 0 Å². The molecule has 6 nitrogen and oxygen atoms in total. The third-order valence-corrected chi connectivity index (χ3v) is 3.76. The highest BCUT2D eigenvalue weighted by molar-refractivity contribution is 5.89. The third-order valence-electron chi connectivity index (χ3n) is 3.76. The van der Waals surface area contributed by atoms with Crippen LogP contribution in [0.3, 0.4) is 0 Å². The number of nitrogens with one attached hydrogen (secondary N) is 1. The van der Waals surface area contributed by atoms with E-state index >= 15 is 0 Å². The highest BCUT2D eigenvalue weighted by atomic mass is 16.5. The van der Waals surface area contributed by atoms with Crippen molar-refractivity contribution >= 4 is 11.9 Å². The van der Waals surface area contributed by atoms with Gasteiger partial charge in [0.25, 0.3) is 0 Å². The van der Waals surface area contributed by atoms with Crippen LogP contribution < -0.4 is 5.32 Å². The summed E-state index contributed by atoms with van der Waals surface area (Å²) in [5, 5.41) is 12.0. The van der Waals surface area contributed by atoms with Crippen molar-refractivity contribution in [1.29, 1.82) is 0 Å². The van der Waals surface area contributed by atoms with Crippen molar-refractivity contribution in [2.45, 2.75) is 37.8 Å². The Morgan fingerprint density at radius 3 is 2.44 bits per heavy atom. The van der Waals surface area contributed by atoms with Crippen LogP contribution in [0.15, 0.2) is 0 Å². The van der Waals surface area contributed by atoms with Gasteiger partial charge >= 0.3 is 5.97 Å². The number of hydrogen-bond acceptors (Lipinski definition) is 4. The maximum absolute atomic E-state index is 12.1. The van der Waals surface area contributed by atoms with Crippen LogP contribution in [-0.2, 0) is 19.1 Å². The zero-order valence-electron chi connectivity index (χ0n) is 10.5. The lowest BCUT2D eigenvalue weighted by Crippen LogP contribution is -2.59. The van der Waals surface area contributed by atoms with E-state index in [4.69, 9.17) is 9.47 Å². The molecule has 2 aliphatic heterocycles. The monoisotopic (exact) mass is 257 g/mol. The molecule has 18 heavy (non-hydrogen) atoms. The summed E-state index contributed by atoms with van der Waals surface area (Å²) in [6.45, 7) is 3.21. The average molecular weight is 257 g/mol. The van der Waals surface area contributed by atoms with Crippen LogP contribution >= 0.6 is 0 Å². The standard InChI is InChI=1S/C12H19NO5/c1-8-2-5-18-9(8)10(14)13-12(11(15)16)3-6-17-7-4-12/h8-9H,2-7H2,1H3,(H,13,14)(H,15,16). The zero-order chi connectivity index (χ0) is 13.2. The van der Waals surface area contributed by atoms with E-state index in [1.54, 1.807) is 0 Å².